The van der Waals surface area contributed by atoms with Crippen LogP contribution in [0.4, 0.5) is 0 Å². The minimum Gasteiger partial charge on any atom is -0.376 e. The van der Waals surface area contributed by atoms with Gasteiger partial charge in [-0.1, -0.05) is 58.0 Å². The van der Waals surface area contributed by atoms with Gasteiger partial charge in [-0.2, -0.15) is 0 Å². The Morgan fingerprint density at radius 2 is 1.78 bits per heavy atom. The average Bonchev–Trinajstić information content (AvgIpc) is 2.50. The molecule has 3 heteroatoms. The molecule has 0 amide bonds. The van der Waals surface area contributed by atoms with E-state index in [-0.39, 0.29) is 17.6 Å². The van der Waals surface area contributed by atoms with E-state index in [0.717, 1.165) is 6.42 Å². The van der Waals surface area contributed by atoms with Crippen molar-refractivity contribution >= 4 is 0 Å². The molecule has 130 valence electrons. The molecule has 1 aliphatic heterocycles. The summed E-state index contributed by atoms with van der Waals surface area (Å²) in [5.74, 6) is -0.183. The van der Waals surface area contributed by atoms with E-state index in [1.165, 1.54) is 5.56 Å². The first-order valence-electron chi connectivity index (χ1n) is 8.72. The Hall–Kier alpha value is -0.900. The van der Waals surface area contributed by atoms with E-state index in [0.29, 0.717) is 19.1 Å². The van der Waals surface area contributed by atoms with Crippen LogP contribution in [0.25, 0.3) is 0 Å². The van der Waals surface area contributed by atoms with Crippen LogP contribution in [-0.2, 0) is 20.8 Å². The summed E-state index contributed by atoms with van der Waals surface area (Å²) >= 11 is 0. The Kier molecular flexibility index (Phi) is 5.88. The third-order valence-electron chi connectivity index (χ3n) is 4.67. The molecule has 23 heavy (non-hydrogen) atoms. The summed E-state index contributed by atoms with van der Waals surface area (Å²) in [4.78, 5) is 0. The summed E-state index contributed by atoms with van der Waals surface area (Å²) in [7, 11) is 0. The molecule has 1 aliphatic rings. The van der Waals surface area contributed by atoms with Gasteiger partial charge in [-0.25, -0.2) is 0 Å². The Morgan fingerprint density at radius 3 is 2.39 bits per heavy atom. The first kappa shape index (κ1) is 18.4. The lowest BCUT2D eigenvalue weighted by Gasteiger charge is -2.50. The van der Waals surface area contributed by atoms with Crippen molar-refractivity contribution in [3.63, 3.8) is 0 Å². The van der Waals surface area contributed by atoms with E-state index in [9.17, 15) is 0 Å². The van der Waals surface area contributed by atoms with E-state index in [2.05, 4.69) is 39.8 Å². The van der Waals surface area contributed by atoms with E-state index < -0.39 is 5.79 Å². The standard InChI is InChI=1S/C20H32O3/c1-7-17-15(2)18(23-20(5,6)22-17)19(3,4)14-21-13-16-11-9-8-10-12-16/h8-12,15,17-18H,7,13-14H2,1-6H3/t15-,17-,18-/m1/s1. The highest BCUT2D eigenvalue weighted by molar-refractivity contribution is 5.13. The van der Waals surface area contributed by atoms with Crippen LogP contribution in [0.5, 0.6) is 0 Å². The van der Waals surface area contributed by atoms with Crippen LogP contribution >= 0.6 is 0 Å². The quantitative estimate of drug-likeness (QED) is 0.754. The molecule has 0 aromatic heterocycles. The fourth-order valence-corrected chi connectivity index (χ4v) is 3.52. The molecule has 1 saturated heterocycles. The molecular formula is C20H32O3. The second kappa shape index (κ2) is 7.33. The van der Waals surface area contributed by atoms with Gasteiger partial charge >= 0.3 is 0 Å². The summed E-state index contributed by atoms with van der Waals surface area (Å²) in [5.41, 5.74) is 1.14. The van der Waals surface area contributed by atoms with Gasteiger partial charge in [-0.15, -0.1) is 0 Å². The second-order valence-corrected chi connectivity index (χ2v) is 7.83. The monoisotopic (exact) mass is 320 g/mol. The summed E-state index contributed by atoms with van der Waals surface area (Å²) in [5, 5.41) is 0. The average molecular weight is 320 g/mol. The minimum atomic E-state index is -0.533. The smallest absolute Gasteiger partial charge is 0.163 e. The van der Waals surface area contributed by atoms with Crippen LogP contribution in [0.2, 0.25) is 0 Å². The highest BCUT2D eigenvalue weighted by Gasteiger charge is 2.46. The number of hydrogen-bond acceptors (Lipinski definition) is 3. The Bertz CT molecular complexity index is 481. The van der Waals surface area contributed by atoms with Crippen molar-refractivity contribution in [3.05, 3.63) is 35.9 Å². The zero-order valence-electron chi connectivity index (χ0n) is 15.5. The zero-order chi connectivity index (χ0) is 17.1. The third-order valence-corrected chi connectivity index (χ3v) is 4.67. The summed E-state index contributed by atoms with van der Waals surface area (Å²) in [6, 6.07) is 10.3. The molecule has 0 N–H and O–H groups in total. The van der Waals surface area contributed by atoms with Crippen LogP contribution in [-0.4, -0.2) is 24.6 Å². The van der Waals surface area contributed by atoms with Gasteiger partial charge in [0.15, 0.2) is 5.79 Å². The third kappa shape index (κ3) is 4.79. The van der Waals surface area contributed by atoms with Crippen molar-refractivity contribution in [2.75, 3.05) is 6.61 Å². The van der Waals surface area contributed by atoms with Crippen molar-refractivity contribution in [3.8, 4) is 0 Å². The molecule has 3 atom stereocenters. The molecule has 1 aromatic rings. The zero-order valence-corrected chi connectivity index (χ0v) is 15.5. The van der Waals surface area contributed by atoms with Crippen LogP contribution < -0.4 is 0 Å². The van der Waals surface area contributed by atoms with Crippen LogP contribution in [0.15, 0.2) is 30.3 Å². The van der Waals surface area contributed by atoms with E-state index >= 15 is 0 Å². The normalized spacial score (nSPS) is 27.8. The van der Waals surface area contributed by atoms with Gasteiger partial charge in [0.25, 0.3) is 0 Å². The van der Waals surface area contributed by atoms with Crippen molar-refractivity contribution in [1.29, 1.82) is 0 Å². The predicted octanol–water partition coefficient (Wildman–Crippen LogP) is 4.80. The Labute approximate surface area is 141 Å². The minimum absolute atomic E-state index is 0.0668. The first-order valence-corrected chi connectivity index (χ1v) is 8.72. The fraction of sp³-hybridized carbons (Fsp3) is 0.700. The maximum absolute atomic E-state index is 6.28. The van der Waals surface area contributed by atoms with Crippen LogP contribution in [0.3, 0.4) is 0 Å². The molecule has 0 bridgehead atoms. The molecular weight excluding hydrogens is 288 g/mol. The van der Waals surface area contributed by atoms with Crippen molar-refractivity contribution < 1.29 is 14.2 Å². The Balaban J connectivity index is 1.99. The van der Waals surface area contributed by atoms with Crippen LogP contribution in [0.1, 0.15) is 53.5 Å². The van der Waals surface area contributed by atoms with Gasteiger partial charge in [0, 0.05) is 11.3 Å². The van der Waals surface area contributed by atoms with Gasteiger partial charge in [-0.3, -0.25) is 0 Å². The molecule has 0 saturated carbocycles. The number of benzene rings is 1. The Morgan fingerprint density at radius 1 is 1.13 bits per heavy atom. The van der Waals surface area contributed by atoms with Crippen molar-refractivity contribution in [2.24, 2.45) is 11.3 Å². The van der Waals surface area contributed by atoms with Gasteiger partial charge in [-0.05, 0) is 25.8 Å². The lowest BCUT2D eigenvalue weighted by molar-refractivity contribution is -0.338. The molecule has 0 radical (unpaired) electrons. The second-order valence-electron chi connectivity index (χ2n) is 7.83. The van der Waals surface area contributed by atoms with Gasteiger partial charge < -0.3 is 14.2 Å². The van der Waals surface area contributed by atoms with Crippen LogP contribution in [0, 0.1) is 11.3 Å². The van der Waals surface area contributed by atoms with Gasteiger partial charge in [0.05, 0.1) is 25.4 Å². The topological polar surface area (TPSA) is 27.7 Å². The molecule has 0 unspecified atom stereocenters. The first-order chi connectivity index (χ1) is 10.7. The molecule has 0 spiro atoms. The SMILES string of the molecule is CC[C@H]1OC(C)(C)O[C@@H](C(C)(C)COCc2ccccc2)[C@@H]1C. The van der Waals surface area contributed by atoms with Crippen molar-refractivity contribution in [2.45, 2.75) is 72.6 Å². The highest BCUT2D eigenvalue weighted by atomic mass is 16.7. The van der Waals surface area contributed by atoms with E-state index in [1.807, 2.05) is 32.0 Å². The van der Waals surface area contributed by atoms with Gasteiger partial charge in [0.2, 0.25) is 0 Å². The fourth-order valence-electron chi connectivity index (χ4n) is 3.52. The number of hydrogen-bond donors (Lipinski definition) is 0. The maximum Gasteiger partial charge on any atom is 0.163 e. The van der Waals surface area contributed by atoms with E-state index in [1.54, 1.807) is 0 Å². The summed E-state index contributed by atoms with van der Waals surface area (Å²) in [6.45, 7) is 14.2. The largest absolute Gasteiger partial charge is 0.376 e. The summed E-state index contributed by atoms with van der Waals surface area (Å²) < 4.78 is 18.4. The number of rotatable bonds is 6. The van der Waals surface area contributed by atoms with E-state index in [4.69, 9.17) is 14.2 Å². The highest BCUT2D eigenvalue weighted by Crippen LogP contribution is 2.40. The lowest BCUT2D eigenvalue weighted by Crippen LogP contribution is -2.55. The predicted molar refractivity (Wildman–Crippen MR) is 93.2 cm³/mol. The number of ether oxygens (including phenoxy) is 3. The molecule has 1 heterocycles. The van der Waals surface area contributed by atoms with Gasteiger partial charge in [0.1, 0.15) is 0 Å². The van der Waals surface area contributed by atoms with Crippen molar-refractivity contribution in [1.82, 2.24) is 0 Å². The maximum atomic E-state index is 6.28. The molecule has 3 nitrogen and oxygen atoms in total. The molecule has 1 fully saturated rings. The lowest BCUT2D eigenvalue weighted by atomic mass is 9.77. The molecule has 1 aromatic carbocycles. The summed E-state index contributed by atoms with van der Waals surface area (Å²) in [6.07, 6.45) is 1.36. The molecule has 2 rings (SSSR count). The molecule has 0 aliphatic carbocycles.